The van der Waals surface area contributed by atoms with Crippen molar-refractivity contribution >= 4 is 39.3 Å². The van der Waals surface area contributed by atoms with Crippen molar-refractivity contribution in [3.63, 3.8) is 0 Å². The van der Waals surface area contributed by atoms with E-state index in [0.29, 0.717) is 23.1 Å². The van der Waals surface area contributed by atoms with E-state index in [4.69, 9.17) is 4.74 Å². The number of hydrogen-bond donors (Lipinski definition) is 1. The van der Waals surface area contributed by atoms with Crippen LogP contribution in [0.3, 0.4) is 0 Å². The first kappa shape index (κ1) is 19.0. The molecule has 0 unspecified atom stereocenters. The number of nitrogens with one attached hydrogen (secondary N) is 1. The first-order chi connectivity index (χ1) is 13.7. The van der Waals surface area contributed by atoms with Crippen molar-refractivity contribution in [2.75, 3.05) is 19.5 Å². The molecule has 4 rings (SSSR count). The first-order valence-corrected chi connectivity index (χ1v) is 10.9. The Hall–Kier alpha value is -2.32. The van der Waals surface area contributed by atoms with E-state index in [1.807, 2.05) is 0 Å². The maximum Gasteiger partial charge on any atom is 0.337 e. The van der Waals surface area contributed by atoms with E-state index in [-0.39, 0.29) is 11.5 Å². The molecule has 0 saturated heterocycles. The van der Waals surface area contributed by atoms with Gasteiger partial charge < -0.3 is 14.5 Å². The third-order valence-electron chi connectivity index (χ3n) is 4.62. The van der Waals surface area contributed by atoms with E-state index in [1.54, 1.807) is 35.6 Å². The van der Waals surface area contributed by atoms with Crippen LogP contribution in [0.25, 0.3) is 10.2 Å². The minimum Gasteiger partial charge on any atom is -0.494 e. The lowest BCUT2D eigenvalue weighted by Gasteiger charge is -2.06. The minimum absolute atomic E-state index is 0.0196. The third kappa shape index (κ3) is 3.93. The fourth-order valence-corrected chi connectivity index (χ4v) is 5.37. The number of ether oxygens (including phenoxy) is 2. The number of thiophene rings is 1. The molecular formula is C20H20N2O4S2. The van der Waals surface area contributed by atoms with Gasteiger partial charge in [0.05, 0.1) is 24.7 Å². The molecule has 0 atom stereocenters. The van der Waals surface area contributed by atoms with Gasteiger partial charge in [0.1, 0.15) is 10.6 Å². The largest absolute Gasteiger partial charge is 0.494 e. The van der Waals surface area contributed by atoms with E-state index in [2.05, 4.69) is 14.7 Å². The summed E-state index contributed by atoms with van der Waals surface area (Å²) in [5.41, 5.74) is 1.68. The van der Waals surface area contributed by atoms with Crippen LogP contribution in [-0.2, 0) is 17.6 Å². The summed E-state index contributed by atoms with van der Waals surface area (Å²) in [6, 6.07) is 6.86. The summed E-state index contributed by atoms with van der Waals surface area (Å²) in [5.74, 6) is 1.14. The van der Waals surface area contributed by atoms with Gasteiger partial charge >= 0.3 is 5.97 Å². The number of carbonyl (C=O) groups excluding carboxylic acids is 1. The Morgan fingerprint density at radius 2 is 2.11 bits per heavy atom. The van der Waals surface area contributed by atoms with E-state index >= 15 is 0 Å². The Kier molecular flexibility index (Phi) is 5.68. The molecule has 2 heterocycles. The van der Waals surface area contributed by atoms with Gasteiger partial charge in [-0.1, -0.05) is 11.8 Å². The van der Waals surface area contributed by atoms with Gasteiger partial charge in [0.25, 0.3) is 5.56 Å². The zero-order valence-electron chi connectivity index (χ0n) is 15.4. The third-order valence-corrected chi connectivity index (χ3v) is 6.77. The van der Waals surface area contributed by atoms with Crippen LogP contribution >= 0.6 is 23.1 Å². The lowest BCUT2D eigenvalue weighted by atomic mass is 10.2. The topological polar surface area (TPSA) is 81.3 Å². The van der Waals surface area contributed by atoms with E-state index in [1.165, 1.54) is 29.3 Å². The molecule has 28 heavy (non-hydrogen) atoms. The number of carbonyl (C=O) groups is 1. The van der Waals surface area contributed by atoms with Crippen molar-refractivity contribution in [1.82, 2.24) is 9.97 Å². The van der Waals surface area contributed by atoms with E-state index in [0.717, 1.165) is 41.7 Å². The number of aromatic amines is 1. The second-order valence-corrected chi connectivity index (χ2v) is 8.64. The van der Waals surface area contributed by atoms with Crippen LogP contribution in [0.4, 0.5) is 0 Å². The summed E-state index contributed by atoms with van der Waals surface area (Å²) in [4.78, 5) is 33.6. The fraction of sp³-hybridized carbons (Fsp3) is 0.350. The molecular weight excluding hydrogens is 396 g/mol. The lowest BCUT2D eigenvalue weighted by Crippen LogP contribution is -2.09. The summed E-state index contributed by atoms with van der Waals surface area (Å²) >= 11 is 3.19. The van der Waals surface area contributed by atoms with Crippen molar-refractivity contribution in [2.45, 2.75) is 30.8 Å². The van der Waals surface area contributed by atoms with Gasteiger partial charge in [0.15, 0.2) is 5.16 Å². The molecule has 0 fully saturated rings. The van der Waals surface area contributed by atoms with Crippen molar-refractivity contribution in [3.05, 3.63) is 50.6 Å². The van der Waals surface area contributed by atoms with Crippen LogP contribution in [0, 0.1) is 0 Å². The SMILES string of the molecule is COC(=O)c1ccc(OCCCSc2nc3sc4c(c3c(=O)[nH]2)CCC4)cc1. The quantitative estimate of drug-likeness (QED) is 0.273. The molecule has 1 aliphatic carbocycles. The van der Waals surface area contributed by atoms with Gasteiger partial charge in [0.2, 0.25) is 0 Å². The van der Waals surface area contributed by atoms with Crippen molar-refractivity contribution in [3.8, 4) is 5.75 Å². The highest BCUT2D eigenvalue weighted by Crippen LogP contribution is 2.35. The predicted molar refractivity (Wildman–Crippen MR) is 111 cm³/mol. The molecule has 1 aliphatic rings. The monoisotopic (exact) mass is 416 g/mol. The predicted octanol–water partition coefficient (Wildman–Crippen LogP) is 3.82. The van der Waals surface area contributed by atoms with Gasteiger partial charge in [-0.15, -0.1) is 11.3 Å². The number of aromatic nitrogens is 2. The molecule has 0 spiro atoms. The highest BCUT2D eigenvalue weighted by Gasteiger charge is 2.21. The van der Waals surface area contributed by atoms with Gasteiger partial charge in [0, 0.05) is 10.6 Å². The minimum atomic E-state index is -0.364. The summed E-state index contributed by atoms with van der Waals surface area (Å²) < 4.78 is 10.4. The molecule has 3 aromatic rings. The number of thioether (sulfide) groups is 1. The molecule has 1 aromatic carbocycles. The van der Waals surface area contributed by atoms with Crippen LogP contribution in [-0.4, -0.2) is 35.4 Å². The van der Waals surface area contributed by atoms with Crippen molar-refractivity contribution in [2.24, 2.45) is 0 Å². The lowest BCUT2D eigenvalue weighted by molar-refractivity contribution is 0.0600. The van der Waals surface area contributed by atoms with E-state index in [9.17, 15) is 9.59 Å². The molecule has 8 heteroatoms. The van der Waals surface area contributed by atoms with Crippen LogP contribution in [0.5, 0.6) is 5.75 Å². The molecule has 1 N–H and O–H groups in total. The molecule has 146 valence electrons. The first-order valence-electron chi connectivity index (χ1n) is 9.14. The number of aryl methyl sites for hydroxylation is 2. The molecule has 0 bridgehead atoms. The molecule has 0 radical (unpaired) electrons. The Morgan fingerprint density at radius 1 is 1.29 bits per heavy atom. The molecule has 0 saturated carbocycles. The van der Waals surface area contributed by atoms with Crippen LogP contribution in [0.2, 0.25) is 0 Å². The Bertz CT molecular complexity index is 1060. The number of H-pyrrole nitrogens is 1. The zero-order valence-corrected chi connectivity index (χ0v) is 17.1. The van der Waals surface area contributed by atoms with Crippen molar-refractivity contribution < 1.29 is 14.3 Å². The number of fused-ring (bicyclic) bond motifs is 3. The maximum absolute atomic E-state index is 12.4. The second-order valence-electron chi connectivity index (χ2n) is 6.48. The van der Waals surface area contributed by atoms with Crippen LogP contribution in [0.1, 0.15) is 33.6 Å². The van der Waals surface area contributed by atoms with Crippen LogP contribution < -0.4 is 10.3 Å². The average Bonchev–Trinajstić information content (AvgIpc) is 3.28. The summed E-state index contributed by atoms with van der Waals surface area (Å²) in [6.45, 7) is 0.546. The summed E-state index contributed by atoms with van der Waals surface area (Å²) in [5, 5.41) is 1.46. The maximum atomic E-state index is 12.4. The van der Waals surface area contributed by atoms with Crippen LogP contribution in [0.15, 0.2) is 34.2 Å². The highest BCUT2D eigenvalue weighted by molar-refractivity contribution is 7.99. The van der Waals surface area contributed by atoms with Crippen molar-refractivity contribution in [1.29, 1.82) is 0 Å². The number of hydrogen-bond acceptors (Lipinski definition) is 7. The summed E-state index contributed by atoms with van der Waals surface area (Å²) in [6.07, 6.45) is 4.01. The van der Waals surface area contributed by atoms with Gasteiger partial charge in [-0.25, -0.2) is 9.78 Å². The van der Waals surface area contributed by atoms with Gasteiger partial charge in [-0.2, -0.15) is 0 Å². The summed E-state index contributed by atoms with van der Waals surface area (Å²) in [7, 11) is 1.36. The molecule has 0 amide bonds. The zero-order chi connectivity index (χ0) is 19.5. The Balaban J connectivity index is 1.29. The fourth-order valence-electron chi connectivity index (χ4n) is 3.27. The highest BCUT2D eigenvalue weighted by atomic mass is 32.2. The average molecular weight is 417 g/mol. The number of benzene rings is 1. The van der Waals surface area contributed by atoms with Gasteiger partial charge in [-0.3, -0.25) is 4.79 Å². The normalized spacial score (nSPS) is 12.9. The number of methoxy groups -OCH3 is 1. The number of nitrogens with zero attached hydrogens (tertiary/aromatic N) is 1. The number of esters is 1. The van der Waals surface area contributed by atoms with E-state index < -0.39 is 0 Å². The smallest absolute Gasteiger partial charge is 0.337 e. The number of rotatable bonds is 7. The standard InChI is InChI=1S/C20H20N2O4S2/c1-25-19(24)12-6-8-13(9-7-12)26-10-3-11-27-20-21-17(23)16-14-4-2-5-15(14)28-18(16)22-20/h6-9H,2-5,10-11H2,1H3,(H,21,22,23). The molecule has 0 aliphatic heterocycles. The molecule has 2 aromatic heterocycles. The second kappa shape index (κ2) is 8.36. The Labute approximate surface area is 170 Å². The van der Waals surface area contributed by atoms with Gasteiger partial charge in [-0.05, 0) is 55.5 Å². The Morgan fingerprint density at radius 3 is 2.89 bits per heavy atom. The molecule has 6 nitrogen and oxygen atoms in total.